The topological polar surface area (TPSA) is 66.6 Å². The van der Waals surface area contributed by atoms with E-state index in [0.29, 0.717) is 24.5 Å². The molecule has 1 aliphatic rings. The number of carboxylic acid groups (broad SMARTS) is 1. The third-order valence-corrected chi connectivity index (χ3v) is 3.45. The molecule has 0 saturated carbocycles. The second-order valence-electron chi connectivity index (χ2n) is 4.67. The Labute approximate surface area is 111 Å². The molecule has 96 valence electrons. The number of hydrogen-bond donors (Lipinski definition) is 2. The van der Waals surface area contributed by atoms with Crippen molar-refractivity contribution in [3.05, 3.63) is 59.2 Å². The fourth-order valence-corrected chi connectivity index (χ4v) is 2.58. The van der Waals surface area contributed by atoms with E-state index in [-0.39, 0.29) is 5.56 Å². The fourth-order valence-electron chi connectivity index (χ4n) is 2.58. The lowest BCUT2D eigenvalue weighted by Gasteiger charge is -2.21. The van der Waals surface area contributed by atoms with Crippen molar-refractivity contribution < 1.29 is 9.90 Å². The fraction of sp³-hybridized carbons (Fsp3) is 0.133. The maximum absolute atomic E-state index is 11.3. The second kappa shape index (κ2) is 4.31. The van der Waals surface area contributed by atoms with E-state index in [1.165, 1.54) is 11.1 Å². The first kappa shape index (κ1) is 11.6. The molecule has 0 spiro atoms. The van der Waals surface area contributed by atoms with Gasteiger partial charge in [0.05, 0.1) is 16.9 Å². The van der Waals surface area contributed by atoms with Crippen molar-refractivity contribution in [2.75, 3.05) is 10.6 Å². The number of para-hydroxylation sites is 1. The molecule has 0 saturated heterocycles. The number of nitrogens with two attached hydrogens (primary N) is 1. The van der Waals surface area contributed by atoms with Crippen molar-refractivity contribution in [1.29, 1.82) is 0 Å². The summed E-state index contributed by atoms with van der Waals surface area (Å²) in [5, 5.41) is 9.29. The van der Waals surface area contributed by atoms with Gasteiger partial charge in [0.1, 0.15) is 0 Å². The standard InChI is InChI=1S/C15H14N2O2/c16-13-7-3-6-12(15(18)19)14(13)17-8-10-4-1-2-5-11(10)9-17/h1-7H,8-9,16H2,(H,18,19). The van der Waals surface area contributed by atoms with Gasteiger partial charge in [-0.3, -0.25) is 0 Å². The van der Waals surface area contributed by atoms with Crippen LogP contribution in [0.2, 0.25) is 0 Å². The third-order valence-electron chi connectivity index (χ3n) is 3.45. The first-order chi connectivity index (χ1) is 9.16. The van der Waals surface area contributed by atoms with E-state index >= 15 is 0 Å². The minimum absolute atomic E-state index is 0.257. The van der Waals surface area contributed by atoms with Crippen molar-refractivity contribution in [2.45, 2.75) is 13.1 Å². The first-order valence-corrected chi connectivity index (χ1v) is 6.10. The monoisotopic (exact) mass is 254 g/mol. The van der Waals surface area contributed by atoms with Gasteiger partial charge in [-0.15, -0.1) is 0 Å². The molecule has 3 rings (SSSR count). The van der Waals surface area contributed by atoms with Crippen LogP contribution in [0, 0.1) is 0 Å². The largest absolute Gasteiger partial charge is 0.478 e. The van der Waals surface area contributed by atoms with Gasteiger partial charge in [0.25, 0.3) is 0 Å². The van der Waals surface area contributed by atoms with Crippen LogP contribution < -0.4 is 10.6 Å². The van der Waals surface area contributed by atoms with Crippen LogP contribution in [0.4, 0.5) is 11.4 Å². The molecule has 1 heterocycles. The van der Waals surface area contributed by atoms with Crippen LogP contribution in [0.1, 0.15) is 21.5 Å². The number of benzene rings is 2. The molecule has 0 unspecified atom stereocenters. The molecule has 0 fully saturated rings. The lowest BCUT2D eigenvalue weighted by Crippen LogP contribution is -2.19. The van der Waals surface area contributed by atoms with E-state index in [9.17, 15) is 9.90 Å². The smallest absolute Gasteiger partial charge is 0.337 e. The molecule has 0 radical (unpaired) electrons. The Balaban J connectivity index is 2.04. The van der Waals surface area contributed by atoms with Gasteiger partial charge in [0.2, 0.25) is 0 Å². The molecule has 1 aliphatic heterocycles. The van der Waals surface area contributed by atoms with E-state index in [0.717, 1.165) is 0 Å². The van der Waals surface area contributed by atoms with E-state index in [2.05, 4.69) is 12.1 Å². The summed E-state index contributed by atoms with van der Waals surface area (Å²) in [6.07, 6.45) is 0. The van der Waals surface area contributed by atoms with E-state index in [1.807, 2.05) is 17.0 Å². The van der Waals surface area contributed by atoms with E-state index in [1.54, 1.807) is 18.2 Å². The number of anilines is 2. The number of nitrogen functional groups attached to an aromatic ring is 1. The average Bonchev–Trinajstić information content (AvgIpc) is 2.81. The molecule has 0 amide bonds. The van der Waals surface area contributed by atoms with Crippen LogP contribution in [-0.2, 0) is 13.1 Å². The van der Waals surface area contributed by atoms with Gasteiger partial charge in [-0.2, -0.15) is 0 Å². The lowest BCUT2D eigenvalue weighted by molar-refractivity contribution is 0.0697. The minimum atomic E-state index is -0.946. The molecule has 0 aliphatic carbocycles. The van der Waals surface area contributed by atoms with Crippen LogP contribution in [0.25, 0.3) is 0 Å². The van der Waals surface area contributed by atoms with Crippen molar-refractivity contribution in [1.82, 2.24) is 0 Å². The van der Waals surface area contributed by atoms with Crippen LogP contribution in [-0.4, -0.2) is 11.1 Å². The number of aromatic carboxylic acids is 1. The quantitative estimate of drug-likeness (QED) is 0.808. The number of carboxylic acids is 1. The Morgan fingerprint density at radius 1 is 1.05 bits per heavy atom. The Morgan fingerprint density at radius 2 is 1.68 bits per heavy atom. The molecular formula is C15H14N2O2. The Bertz CT molecular complexity index is 627. The minimum Gasteiger partial charge on any atom is -0.478 e. The zero-order valence-corrected chi connectivity index (χ0v) is 10.3. The second-order valence-corrected chi connectivity index (χ2v) is 4.67. The van der Waals surface area contributed by atoms with Crippen LogP contribution in [0.5, 0.6) is 0 Å². The molecule has 0 atom stereocenters. The SMILES string of the molecule is Nc1cccc(C(=O)O)c1N1Cc2ccccc2C1. The van der Waals surface area contributed by atoms with Gasteiger partial charge in [-0.25, -0.2) is 4.79 Å². The highest BCUT2D eigenvalue weighted by Gasteiger charge is 2.24. The summed E-state index contributed by atoms with van der Waals surface area (Å²) >= 11 is 0. The van der Waals surface area contributed by atoms with Gasteiger partial charge in [-0.05, 0) is 23.3 Å². The molecule has 0 bridgehead atoms. The lowest BCUT2D eigenvalue weighted by atomic mass is 10.1. The maximum Gasteiger partial charge on any atom is 0.337 e. The van der Waals surface area contributed by atoms with Gasteiger partial charge in [-0.1, -0.05) is 30.3 Å². The molecule has 19 heavy (non-hydrogen) atoms. The third kappa shape index (κ3) is 1.91. The highest BCUT2D eigenvalue weighted by molar-refractivity contribution is 5.98. The van der Waals surface area contributed by atoms with Gasteiger partial charge < -0.3 is 15.7 Å². The highest BCUT2D eigenvalue weighted by atomic mass is 16.4. The Kier molecular flexibility index (Phi) is 2.63. The molecule has 3 N–H and O–H groups in total. The summed E-state index contributed by atoms with van der Waals surface area (Å²) in [4.78, 5) is 13.3. The van der Waals surface area contributed by atoms with Crippen molar-refractivity contribution in [2.24, 2.45) is 0 Å². The number of carbonyl (C=O) groups is 1. The molecule has 4 heteroatoms. The van der Waals surface area contributed by atoms with E-state index in [4.69, 9.17) is 5.73 Å². The average molecular weight is 254 g/mol. The molecular weight excluding hydrogens is 240 g/mol. The molecule has 0 aromatic heterocycles. The Hall–Kier alpha value is -2.49. The van der Waals surface area contributed by atoms with Gasteiger partial charge in [0, 0.05) is 13.1 Å². The van der Waals surface area contributed by atoms with E-state index < -0.39 is 5.97 Å². The van der Waals surface area contributed by atoms with Crippen molar-refractivity contribution >= 4 is 17.3 Å². The van der Waals surface area contributed by atoms with Crippen LogP contribution in [0.15, 0.2) is 42.5 Å². The summed E-state index contributed by atoms with van der Waals surface area (Å²) in [6.45, 7) is 1.40. The molecule has 2 aromatic rings. The van der Waals surface area contributed by atoms with Crippen molar-refractivity contribution in [3.8, 4) is 0 Å². The summed E-state index contributed by atoms with van der Waals surface area (Å²) in [5.41, 5.74) is 9.80. The number of rotatable bonds is 2. The highest BCUT2D eigenvalue weighted by Crippen LogP contribution is 2.34. The predicted molar refractivity (Wildman–Crippen MR) is 74.1 cm³/mol. The molecule has 2 aromatic carbocycles. The summed E-state index contributed by atoms with van der Waals surface area (Å²) < 4.78 is 0. The number of nitrogens with zero attached hydrogens (tertiary/aromatic N) is 1. The first-order valence-electron chi connectivity index (χ1n) is 6.10. The molecule has 4 nitrogen and oxygen atoms in total. The van der Waals surface area contributed by atoms with Crippen molar-refractivity contribution in [3.63, 3.8) is 0 Å². The zero-order chi connectivity index (χ0) is 13.4. The van der Waals surface area contributed by atoms with Gasteiger partial charge >= 0.3 is 5.97 Å². The summed E-state index contributed by atoms with van der Waals surface area (Å²) in [6, 6.07) is 13.1. The summed E-state index contributed by atoms with van der Waals surface area (Å²) in [7, 11) is 0. The van der Waals surface area contributed by atoms with Crippen LogP contribution >= 0.6 is 0 Å². The zero-order valence-electron chi connectivity index (χ0n) is 10.3. The van der Waals surface area contributed by atoms with Crippen LogP contribution in [0.3, 0.4) is 0 Å². The number of fused-ring (bicyclic) bond motifs is 1. The summed E-state index contributed by atoms with van der Waals surface area (Å²) in [5.74, 6) is -0.946. The normalized spacial score (nSPS) is 13.4. The Morgan fingerprint density at radius 3 is 2.26 bits per heavy atom. The maximum atomic E-state index is 11.3. The number of hydrogen-bond acceptors (Lipinski definition) is 3. The van der Waals surface area contributed by atoms with Gasteiger partial charge in [0.15, 0.2) is 0 Å². The predicted octanol–water partition coefficient (Wildman–Crippen LogP) is 2.49.